The summed E-state index contributed by atoms with van der Waals surface area (Å²) < 4.78 is 0. The van der Waals surface area contributed by atoms with Crippen LogP contribution >= 0.6 is 0 Å². The van der Waals surface area contributed by atoms with Crippen LogP contribution in [0.15, 0.2) is 48.5 Å². The molecule has 0 saturated heterocycles. The predicted octanol–water partition coefficient (Wildman–Crippen LogP) is 7.20. The Kier molecular flexibility index (Phi) is 9.94. The van der Waals surface area contributed by atoms with Crippen LogP contribution in [-0.2, 0) is 4.79 Å². The van der Waals surface area contributed by atoms with Gasteiger partial charge in [-0.15, -0.1) is 0 Å². The van der Waals surface area contributed by atoms with Crippen molar-refractivity contribution < 1.29 is 4.79 Å². The third kappa shape index (κ3) is 7.56. The molecule has 0 aromatic heterocycles. The van der Waals surface area contributed by atoms with E-state index in [0.29, 0.717) is 23.9 Å². The standard InChI is InChI=1S/C14H21NO.C12H19N/c1-9(2)12-7-6-8-13(10(3)4)14(12)15-11(5)16;1-10(2)13(11(3)4)12-8-6-5-7-9-12/h6-10H,1-5H3,(H,15,16);5-11H,1-4H3. The molecule has 0 unspecified atom stereocenters. The molecule has 0 aliphatic carbocycles. The number of hydrogen-bond acceptors (Lipinski definition) is 2. The van der Waals surface area contributed by atoms with Gasteiger partial charge in [0.25, 0.3) is 0 Å². The van der Waals surface area contributed by atoms with E-state index in [0.717, 1.165) is 5.69 Å². The van der Waals surface area contributed by atoms with E-state index in [9.17, 15) is 4.79 Å². The molecule has 0 heterocycles. The van der Waals surface area contributed by atoms with Crippen molar-refractivity contribution in [3.05, 3.63) is 59.7 Å². The van der Waals surface area contributed by atoms with E-state index in [2.05, 4.69) is 114 Å². The van der Waals surface area contributed by atoms with E-state index in [1.54, 1.807) is 6.92 Å². The van der Waals surface area contributed by atoms with Gasteiger partial charge in [-0.2, -0.15) is 0 Å². The first-order valence-corrected chi connectivity index (χ1v) is 10.8. The van der Waals surface area contributed by atoms with Gasteiger partial charge in [0.2, 0.25) is 5.91 Å². The lowest BCUT2D eigenvalue weighted by Crippen LogP contribution is -2.36. The average Bonchev–Trinajstić information content (AvgIpc) is 2.61. The van der Waals surface area contributed by atoms with Gasteiger partial charge in [0.15, 0.2) is 0 Å². The summed E-state index contributed by atoms with van der Waals surface area (Å²) in [6.45, 7) is 19.0. The smallest absolute Gasteiger partial charge is 0.221 e. The molecular formula is C26H40N2O. The Morgan fingerprint density at radius 2 is 1.17 bits per heavy atom. The number of rotatable bonds is 6. The second-order valence-corrected chi connectivity index (χ2v) is 8.73. The maximum Gasteiger partial charge on any atom is 0.221 e. The van der Waals surface area contributed by atoms with Crippen LogP contribution in [0.3, 0.4) is 0 Å². The highest BCUT2D eigenvalue weighted by Gasteiger charge is 2.14. The normalized spacial score (nSPS) is 10.9. The SMILES string of the molecule is CC(=O)Nc1c(C(C)C)cccc1C(C)C.CC(C)N(c1ccccc1)C(C)C. The van der Waals surface area contributed by atoms with Gasteiger partial charge in [-0.05, 0) is 62.8 Å². The first-order chi connectivity index (χ1) is 13.6. The lowest BCUT2D eigenvalue weighted by Gasteiger charge is -2.33. The first kappa shape index (κ1) is 24.7. The molecule has 0 atom stereocenters. The van der Waals surface area contributed by atoms with Crippen LogP contribution in [0.5, 0.6) is 0 Å². The summed E-state index contributed by atoms with van der Waals surface area (Å²) >= 11 is 0. The van der Waals surface area contributed by atoms with E-state index >= 15 is 0 Å². The number of nitrogens with zero attached hydrogens (tertiary/aromatic N) is 1. The highest BCUT2D eigenvalue weighted by molar-refractivity contribution is 5.90. The van der Waals surface area contributed by atoms with Gasteiger partial charge in [0.05, 0.1) is 0 Å². The van der Waals surface area contributed by atoms with E-state index in [4.69, 9.17) is 0 Å². The van der Waals surface area contributed by atoms with Crippen molar-refractivity contribution >= 4 is 17.3 Å². The van der Waals surface area contributed by atoms with Gasteiger partial charge < -0.3 is 10.2 Å². The van der Waals surface area contributed by atoms with Crippen molar-refractivity contribution in [1.29, 1.82) is 0 Å². The van der Waals surface area contributed by atoms with Crippen LogP contribution in [0.2, 0.25) is 0 Å². The van der Waals surface area contributed by atoms with Gasteiger partial charge in [-0.25, -0.2) is 0 Å². The van der Waals surface area contributed by atoms with Crippen LogP contribution in [0.1, 0.15) is 85.3 Å². The molecule has 1 amide bonds. The molecule has 1 N–H and O–H groups in total. The minimum Gasteiger partial charge on any atom is -0.367 e. The lowest BCUT2D eigenvalue weighted by atomic mass is 9.92. The van der Waals surface area contributed by atoms with Crippen LogP contribution in [0, 0.1) is 0 Å². The number of carbonyl (C=O) groups excluding carboxylic acids is 1. The Bertz CT molecular complexity index is 714. The minimum atomic E-state index is -0.00463. The van der Waals surface area contributed by atoms with Gasteiger partial charge in [-0.3, -0.25) is 4.79 Å². The van der Waals surface area contributed by atoms with Crippen molar-refractivity contribution in [2.75, 3.05) is 10.2 Å². The molecule has 2 aromatic carbocycles. The van der Waals surface area contributed by atoms with Crippen molar-refractivity contribution in [3.8, 4) is 0 Å². The summed E-state index contributed by atoms with van der Waals surface area (Å²) in [4.78, 5) is 13.7. The topological polar surface area (TPSA) is 32.3 Å². The van der Waals surface area contributed by atoms with Crippen molar-refractivity contribution in [3.63, 3.8) is 0 Å². The van der Waals surface area contributed by atoms with Gasteiger partial charge in [0.1, 0.15) is 0 Å². The summed E-state index contributed by atoms with van der Waals surface area (Å²) in [5.41, 5.74) is 4.73. The molecule has 0 aliphatic rings. The Morgan fingerprint density at radius 1 is 0.724 bits per heavy atom. The van der Waals surface area contributed by atoms with Crippen LogP contribution in [0.25, 0.3) is 0 Å². The highest BCUT2D eigenvalue weighted by atomic mass is 16.1. The zero-order valence-electron chi connectivity index (χ0n) is 19.8. The van der Waals surface area contributed by atoms with Crippen molar-refractivity contribution in [1.82, 2.24) is 0 Å². The predicted molar refractivity (Wildman–Crippen MR) is 128 cm³/mol. The Balaban J connectivity index is 0.000000296. The molecule has 0 bridgehead atoms. The Labute approximate surface area is 178 Å². The van der Waals surface area contributed by atoms with E-state index < -0.39 is 0 Å². The van der Waals surface area contributed by atoms with E-state index in [1.807, 2.05) is 0 Å². The molecule has 3 heteroatoms. The van der Waals surface area contributed by atoms with Crippen LogP contribution in [-0.4, -0.2) is 18.0 Å². The van der Waals surface area contributed by atoms with E-state index in [-0.39, 0.29) is 5.91 Å². The molecule has 160 valence electrons. The molecule has 2 aromatic rings. The summed E-state index contributed by atoms with van der Waals surface area (Å²) in [6, 6.07) is 17.9. The second-order valence-electron chi connectivity index (χ2n) is 8.73. The molecule has 29 heavy (non-hydrogen) atoms. The summed E-state index contributed by atoms with van der Waals surface area (Å²) in [5.74, 6) is 0.830. The van der Waals surface area contributed by atoms with Crippen molar-refractivity contribution in [2.45, 2.75) is 86.2 Å². The fourth-order valence-corrected chi connectivity index (χ4v) is 3.66. The molecule has 0 spiro atoms. The first-order valence-electron chi connectivity index (χ1n) is 10.8. The fourth-order valence-electron chi connectivity index (χ4n) is 3.66. The molecule has 0 aliphatic heterocycles. The average molecular weight is 397 g/mol. The number of anilines is 2. The molecule has 3 nitrogen and oxygen atoms in total. The maximum atomic E-state index is 11.3. The quantitative estimate of drug-likeness (QED) is 0.560. The zero-order valence-corrected chi connectivity index (χ0v) is 19.8. The van der Waals surface area contributed by atoms with Crippen molar-refractivity contribution in [2.24, 2.45) is 0 Å². The Hall–Kier alpha value is -2.29. The Morgan fingerprint density at radius 3 is 1.52 bits per heavy atom. The maximum absolute atomic E-state index is 11.3. The zero-order chi connectivity index (χ0) is 22.1. The largest absolute Gasteiger partial charge is 0.367 e. The summed E-state index contributed by atoms with van der Waals surface area (Å²) in [7, 11) is 0. The third-order valence-electron chi connectivity index (χ3n) is 4.84. The summed E-state index contributed by atoms with van der Waals surface area (Å²) in [5, 5.41) is 2.97. The lowest BCUT2D eigenvalue weighted by molar-refractivity contribution is -0.114. The second kappa shape index (κ2) is 11.6. The molecular weight excluding hydrogens is 356 g/mol. The van der Waals surface area contributed by atoms with E-state index in [1.165, 1.54) is 16.8 Å². The minimum absolute atomic E-state index is 0.00463. The molecule has 0 saturated carbocycles. The number of benzene rings is 2. The highest BCUT2D eigenvalue weighted by Crippen LogP contribution is 2.32. The number of nitrogens with one attached hydrogen (secondary N) is 1. The van der Waals surface area contributed by atoms with Gasteiger partial charge in [0, 0.05) is 30.4 Å². The number of para-hydroxylation sites is 2. The third-order valence-corrected chi connectivity index (χ3v) is 4.84. The monoisotopic (exact) mass is 396 g/mol. The van der Waals surface area contributed by atoms with Crippen LogP contribution in [0.4, 0.5) is 11.4 Å². The number of carbonyl (C=O) groups is 1. The fraction of sp³-hybridized carbons (Fsp3) is 0.500. The van der Waals surface area contributed by atoms with Gasteiger partial charge >= 0.3 is 0 Å². The van der Waals surface area contributed by atoms with Crippen LogP contribution < -0.4 is 10.2 Å². The molecule has 0 fully saturated rings. The molecule has 0 radical (unpaired) electrons. The molecule has 2 rings (SSSR count). The number of amides is 1. The van der Waals surface area contributed by atoms with Gasteiger partial charge in [-0.1, -0.05) is 64.1 Å². The number of hydrogen-bond donors (Lipinski definition) is 1. The summed E-state index contributed by atoms with van der Waals surface area (Å²) in [6.07, 6.45) is 0.